The highest BCUT2D eigenvalue weighted by Crippen LogP contribution is 2.25. The van der Waals surface area contributed by atoms with Crippen LogP contribution >= 0.6 is 0 Å². The number of aryl methyl sites for hydroxylation is 1. The molecule has 122 valence electrons. The van der Waals surface area contributed by atoms with Gasteiger partial charge in [0.05, 0.1) is 11.7 Å². The van der Waals surface area contributed by atoms with E-state index in [-0.39, 0.29) is 11.8 Å². The Morgan fingerprint density at radius 2 is 1.95 bits per heavy atom. The van der Waals surface area contributed by atoms with Gasteiger partial charge in [0.2, 0.25) is 10.0 Å². The molecule has 0 bridgehead atoms. The molecule has 6 heteroatoms. The molecule has 1 aliphatic rings. The highest BCUT2D eigenvalue weighted by molar-refractivity contribution is 7.89. The van der Waals surface area contributed by atoms with E-state index in [2.05, 4.69) is 4.72 Å². The molecule has 1 aliphatic carbocycles. The lowest BCUT2D eigenvalue weighted by Gasteiger charge is -2.27. The van der Waals surface area contributed by atoms with Gasteiger partial charge in [-0.15, -0.1) is 0 Å². The second-order valence-electron chi connectivity index (χ2n) is 5.92. The number of hydrogen-bond acceptors (Lipinski definition) is 3. The monoisotopic (exact) mass is 325 g/mol. The first kappa shape index (κ1) is 17.0. The number of carboxylic acids is 1. The van der Waals surface area contributed by atoms with E-state index in [1.807, 2.05) is 30.3 Å². The third kappa shape index (κ3) is 5.42. The average Bonchev–Trinajstić information content (AvgIpc) is 2.48. The fraction of sp³-hybridized carbons (Fsp3) is 0.562. The summed E-state index contributed by atoms with van der Waals surface area (Å²) in [5.41, 5.74) is 1.13. The van der Waals surface area contributed by atoms with E-state index in [9.17, 15) is 13.2 Å². The highest BCUT2D eigenvalue weighted by atomic mass is 32.2. The van der Waals surface area contributed by atoms with Gasteiger partial charge in [0.25, 0.3) is 0 Å². The Hall–Kier alpha value is -1.40. The molecule has 0 aliphatic heterocycles. The Labute approximate surface area is 131 Å². The molecule has 0 radical (unpaired) electrons. The highest BCUT2D eigenvalue weighted by Gasteiger charge is 2.29. The molecular formula is C16H23NO4S. The Balaban J connectivity index is 1.79. The Kier molecular flexibility index (Phi) is 5.97. The molecule has 0 spiro atoms. The van der Waals surface area contributed by atoms with Crippen LogP contribution in [0, 0.1) is 5.92 Å². The van der Waals surface area contributed by atoms with Gasteiger partial charge in [0, 0.05) is 6.04 Å². The summed E-state index contributed by atoms with van der Waals surface area (Å²) in [5.74, 6) is -1.17. The van der Waals surface area contributed by atoms with Crippen LogP contribution in [0.1, 0.15) is 37.7 Å². The number of hydrogen-bond donors (Lipinski definition) is 2. The smallest absolute Gasteiger partial charge is 0.306 e. The Bertz CT molecular complexity index is 585. The third-order valence-corrected chi connectivity index (χ3v) is 5.61. The van der Waals surface area contributed by atoms with Gasteiger partial charge in [-0.3, -0.25) is 4.79 Å². The predicted molar refractivity (Wildman–Crippen MR) is 85.1 cm³/mol. The van der Waals surface area contributed by atoms with Crippen LogP contribution in [-0.2, 0) is 21.2 Å². The van der Waals surface area contributed by atoms with Crippen molar-refractivity contribution >= 4 is 16.0 Å². The number of nitrogens with one attached hydrogen (secondary N) is 1. The molecule has 1 aromatic carbocycles. The third-order valence-electron chi connectivity index (χ3n) is 4.09. The van der Waals surface area contributed by atoms with Gasteiger partial charge in [-0.1, -0.05) is 36.8 Å². The molecule has 2 atom stereocenters. The second kappa shape index (κ2) is 7.74. The molecule has 1 saturated carbocycles. The molecular weight excluding hydrogens is 302 g/mol. The van der Waals surface area contributed by atoms with E-state index in [0.717, 1.165) is 24.8 Å². The molecule has 0 amide bonds. The van der Waals surface area contributed by atoms with E-state index < -0.39 is 21.9 Å². The summed E-state index contributed by atoms with van der Waals surface area (Å²) in [6, 6.07) is 9.55. The molecule has 0 aromatic heterocycles. The molecule has 2 rings (SSSR count). The standard InChI is InChI=1S/C16H23NO4S/c18-16(19)14-9-4-10-15(12-14)17-22(20,21)11-5-8-13-6-2-1-3-7-13/h1-3,6-7,14-15,17H,4-5,8-12H2,(H,18,19)/t14-,15+/m1/s1. The fourth-order valence-corrected chi connectivity index (χ4v) is 4.31. The molecule has 0 saturated heterocycles. The van der Waals surface area contributed by atoms with Crippen molar-refractivity contribution in [2.24, 2.45) is 5.92 Å². The SMILES string of the molecule is O=C(O)[C@@H]1CCC[C@H](NS(=O)(=O)CCCc2ccccc2)C1. The molecule has 2 N–H and O–H groups in total. The maximum absolute atomic E-state index is 12.1. The normalized spacial score (nSPS) is 22.4. The van der Waals surface area contributed by atoms with E-state index in [1.165, 1.54) is 0 Å². The second-order valence-corrected chi connectivity index (χ2v) is 7.80. The summed E-state index contributed by atoms with van der Waals surface area (Å²) < 4.78 is 26.9. The molecule has 1 aromatic rings. The summed E-state index contributed by atoms with van der Waals surface area (Å²) >= 11 is 0. The van der Waals surface area contributed by atoms with Gasteiger partial charge in [0.1, 0.15) is 0 Å². The van der Waals surface area contributed by atoms with Gasteiger partial charge < -0.3 is 5.11 Å². The minimum atomic E-state index is -3.34. The first-order valence-electron chi connectivity index (χ1n) is 7.73. The molecule has 0 unspecified atom stereocenters. The van der Waals surface area contributed by atoms with Gasteiger partial charge in [-0.25, -0.2) is 13.1 Å². The van der Waals surface area contributed by atoms with Crippen molar-refractivity contribution in [1.82, 2.24) is 4.72 Å². The lowest BCUT2D eigenvalue weighted by Crippen LogP contribution is -2.40. The van der Waals surface area contributed by atoms with E-state index in [4.69, 9.17) is 5.11 Å². The number of rotatable bonds is 7. The van der Waals surface area contributed by atoms with Crippen LogP contribution in [0.2, 0.25) is 0 Å². The zero-order valence-electron chi connectivity index (χ0n) is 12.6. The fourth-order valence-electron chi connectivity index (χ4n) is 2.94. The zero-order chi connectivity index (χ0) is 16.0. The van der Waals surface area contributed by atoms with Crippen LogP contribution in [-0.4, -0.2) is 31.3 Å². The predicted octanol–water partition coefficient (Wildman–Crippen LogP) is 2.18. The summed E-state index contributed by atoms with van der Waals surface area (Å²) in [4.78, 5) is 11.0. The largest absolute Gasteiger partial charge is 0.481 e. The van der Waals surface area contributed by atoms with Crippen LogP contribution in [0.5, 0.6) is 0 Å². The van der Waals surface area contributed by atoms with Crippen molar-refractivity contribution in [3.8, 4) is 0 Å². The van der Waals surface area contributed by atoms with Gasteiger partial charge in [0.15, 0.2) is 0 Å². The topological polar surface area (TPSA) is 83.5 Å². The van der Waals surface area contributed by atoms with Crippen LogP contribution in [0.3, 0.4) is 0 Å². The lowest BCUT2D eigenvalue weighted by molar-refractivity contribution is -0.143. The van der Waals surface area contributed by atoms with Crippen LogP contribution in [0.15, 0.2) is 30.3 Å². The molecule has 5 nitrogen and oxygen atoms in total. The summed E-state index contributed by atoms with van der Waals surface area (Å²) in [5, 5.41) is 9.04. The van der Waals surface area contributed by atoms with E-state index in [1.54, 1.807) is 0 Å². The Morgan fingerprint density at radius 3 is 2.64 bits per heavy atom. The number of carboxylic acid groups (broad SMARTS) is 1. The number of aliphatic carboxylic acids is 1. The molecule has 1 fully saturated rings. The quantitative estimate of drug-likeness (QED) is 0.805. The minimum Gasteiger partial charge on any atom is -0.481 e. The van der Waals surface area contributed by atoms with Gasteiger partial charge in [-0.2, -0.15) is 0 Å². The molecule has 0 heterocycles. The van der Waals surface area contributed by atoms with Gasteiger partial charge in [-0.05, 0) is 37.7 Å². The maximum atomic E-state index is 12.1. The van der Waals surface area contributed by atoms with Crippen LogP contribution < -0.4 is 4.72 Å². The van der Waals surface area contributed by atoms with Crippen molar-refractivity contribution in [1.29, 1.82) is 0 Å². The first-order valence-corrected chi connectivity index (χ1v) is 9.38. The summed E-state index contributed by atoms with van der Waals surface area (Å²) in [7, 11) is -3.34. The summed E-state index contributed by atoms with van der Waals surface area (Å²) in [6.07, 6.45) is 3.81. The zero-order valence-corrected chi connectivity index (χ0v) is 13.4. The van der Waals surface area contributed by atoms with Crippen molar-refractivity contribution in [3.63, 3.8) is 0 Å². The molecule has 22 heavy (non-hydrogen) atoms. The lowest BCUT2D eigenvalue weighted by atomic mass is 9.86. The van der Waals surface area contributed by atoms with E-state index >= 15 is 0 Å². The van der Waals surface area contributed by atoms with Gasteiger partial charge >= 0.3 is 5.97 Å². The average molecular weight is 325 g/mol. The van der Waals surface area contributed by atoms with Crippen molar-refractivity contribution in [3.05, 3.63) is 35.9 Å². The van der Waals surface area contributed by atoms with Crippen LogP contribution in [0.4, 0.5) is 0 Å². The summed E-state index contributed by atoms with van der Waals surface area (Å²) in [6.45, 7) is 0. The number of benzene rings is 1. The van der Waals surface area contributed by atoms with E-state index in [0.29, 0.717) is 19.3 Å². The Morgan fingerprint density at radius 1 is 1.23 bits per heavy atom. The van der Waals surface area contributed by atoms with Crippen molar-refractivity contribution in [2.45, 2.75) is 44.6 Å². The maximum Gasteiger partial charge on any atom is 0.306 e. The minimum absolute atomic E-state index is 0.0795. The van der Waals surface area contributed by atoms with Crippen LogP contribution in [0.25, 0.3) is 0 Å². The first-order chi connectivity index (χ1) is 10.5. The van der Waals surface area contributed by atoms with Crippen molar-refractivity contribution < 1.29 is 18.3 Å². The van der Waals surface area contributed by atoms with Crippen molar-refractivity contribution in [2.75, 3.05) is 5.75 Å². The number of carbonyl (C=O) groups is 1. The number of sulfonamides is 1.